The van der Waals surface area contributed by atoms with Crippen LogP contribution >= 0.6 is 11.8 Å². The summed E-state index contributed by atoms with van der Waals surface area (Å²) in [6.45, 7) is 0. The molecule has 0 aliphatic carbocycles. The molecule has 0 aliphatic heterocycles. The minimum atomic E-state index is -0.622. The van der Waals surface area contributed by atoms with Crippen molar-refractivity contribution in [2.24, 2.45) is 7.05 Å². The Morgan fingerprint density at radius 1 is 1.19 bits per heavy atom. The lowest BCUT2D eigenvalue weighted by atomic mass is 10.2. The van der Waals surface area contributed by atoms with Gasteiger partial charge in [-0.2, -0.15) is 4.98 Å². The third-order valence-electron chi connectivity index (χ3n) is 3.54. The smallest absolute Gasteiger partial charge is 0.237 e. The van der Waals surface area contributed by atoms with E-state index in [-0.39, 0.29) is 17.3 Å². The maximum Gasteiger partial charge on any atom is 0.237 e. The Morgan fingerprint density at radius 2 is 2.08 bits per heavy atom. The van der Waals surface area contributed by atoms with Gasteiger partial charge < -0.3 is 13.5 Å². The molecule has 7 nitrogen and oxygen atoms in total. The largest absolute Gasteiger partial charge is 0.461 e. The van der Waals surface area contributed by atoms with E-state index in [1.165, 1.54) is 11.8 Å². The van der Waals surface area contributed by atoms with Crippen LogP contribution in [0.4, 0.5) is 8.78 Å². The number of nitrogens with zero attached hydrogens (tertiary/aromatic N) is 5. The second-order valence-electron chi connectivity index (χ2n) is 5.27. The van der Waals surface area contributed by atoms with Gasteiger partial charge in [0.2, 0.25) is 11.7 Å². The Bertz CT molecular complexity index is 1050. The first-order valence-corrected chi connectivity index (χ1v) is 8.44. The maximum atomic E-state index is 13.8. The third-order valence-corrected chi connectivity index (χ3v) is 4.54. The quantitative estimate of drug-likeness (QED) is 0.492. The van der Waals surface area contributed by atoms with Crippen LogP contribution in [0.15, 0.2) is 50.7 Å². The molecule has 0 radical (unpaired) electrons. The summed E-state index contributed by atoms with van der Waals surface area (Å²) in [5.74, 6) is 0.546. The van der Waals surface area contributed by atoms with Crippen molar-refractivity contribution < 1.29 is 17.7 Å². The number of rotatable bonds is 5. The van der Waals surface area contributed by atoms with Crippen molar-refractivity contribution in [2.45, 2.75) is 10.9 Å². The van der Waals surface area contributed by atoms with Crippen molar-refractivity contribution in [2.75, 3.05) is 0 Å². The highest BCUT2D eigenvalue weighted by Crippen LogP contribution is 2.26. The number of benzene rings is 1. The SMILES string of the molecule is Cn1c(SCc2nc(-c3cc(F)ccc3F)no2)nnc1-c1ccco1. The lowest BCUT2D eigenvalue weighted by molar-refractivity contribution is 0.391. The fourth-order valence-corrected chi connectivity index (χ4v) is 3.03. The molecule has 0 fully saturated rings. The fourth-order valence-electron chi connectivity index (χ4n) is 2.28. The molecule has 3 aromatic heterocycles. The normalized spacial score (nSPS) is 11.2. The zero-order valence-corrected chi connectivity index (χ0v) is 14.2. The van der Waals surface area contributed by atoms with Crippen LogP contribution in [-0.4, -0.2) is 24.9 Å². The van der Waals surface area contributed by atoms with Gasteiger partial charge >= 0.3 is 0 Å². The summed E-state index contributed by atoms with van der Waals surface area (Å²) in [7, 11) is 1.81. The van der Waals surface area contributed by atoms with E-state index >= 15 is 0 Å². The summed E-state index contributed by atoms with van der Waals surface area (Å²) < 4.78 is 39.3. The Balaban J connectivity index is 1.50. The molecule has 132 valence electrons. The van der Waals surface area contributed by atoms with Gasteiger partial charge in [0.1, 0.15) is 11.6 Å². The van der Waals surface area contributed by atoms with Crippen LogP contribution in [0.2, 0.25) is 0 Å². The summed E-state index contributed by atoms with van der Waals surface area (Å²) in [5, 5.41) is 12.5. The van der Waals surface area contributed by atoms with E-state index in [4.69, 9.17) is 8.94 Å². The summed E-state index contributed by atoms with van der Waals surface area (Å²) in [6, 6.07) is 6.62. The monoisotopic (exact) mass is 375 g/mol. The summed E-state index contributed by atoms with van der Waals surface area (Å²) >= 11 is 1.32. The molecule has 0 unspecified atom stereocenters. The molecule has 10 heteroatoms. The average Bonchev–Trinajstić information content (AvgIpc) is 3.36. The molecule has 0 spiro atoms. The molecule has 3 heterocycles. The number of hydrogen-bond donors (Lipinski definition) is 0. The van der Waals surface area contributed by atoms with Crippen molar-refractivity contribution in [3.8, 4) is 23.0 Å². The first-order valence-electron chi connectivity index (χ1n) is 7.46. The number of hydrogen-bond acceptors (Lipinski definition) is 7. The van der Waals surface area contributed by atoms with Gasteiger partial charge in [-0.25, -0.2) is 8.78 Å². The highest BCUT2D eigenvalue weighted by atomic mass is 32.2. The van der Waals surface area contributed by atoms with Crippen molar-refractivity contribution in [1.29, 1.82) is 0 Å². The summed E-state index contributed by atoms with van der Waals surface area (Å²) in [4.78, 5) is 4.10. The van der Waals surface area contributed by atoms with Crippen molar-refractivity contribution >= 4 is 11.8 Å². The molecule has 0 N–H and O–H groups in total. The molecule has 0 atom stereocenters. The summed E-state index contributed by atoms with van der Waals surface area (Å²) in [5.41, 5.74) is -0.0521. The molecule has 4 rings (SSSR count). The molecule has 0 aliphatic rings. The highest BCUT2D eigenvalue weighted by molar-refractivity contribution is 7.98. The Labute approximate surface area is 150 Å². The van der Waals surface area contributed by atoms with E-state index in [0.29, 0.717) is 22.5 Å². The Morgan fingerprint density at radius 3 is 2.88 bits per heavy atom. The molecule has 26 heavy (non-hydrogen) atoms. The van der Waals surface area contributed by atoms with Crippen LogP contribution < -0.4 is 0 Å². The number of halogens is 2. The topological polar surface area (TPSA) is 82.8 Å². The van der Waals surface area contributed by atoms with E-state index in [9.17, 15) is 8.78 Å². The number of aromatic nitrogens is 5. The van der Waals surface area contributed by atoms with Gasteiger partial charge in [0.15, 0.2) is 16.7 Å². The van der Waals surface area contributed by atoms with Gasteiger partial charge in [-0.05, 0) is 30.3 Å². The zero-order valence-electron chi connectivity index (χ0n) is 13.4. The third kappa shape index (κ3) is 3.10. The van der Waals surface area contributed by atoms with Crippen LogP contribution in [-0.2, 0) is 12.8 Å². The molecule has 1 aromatic carbocycles. The van der Waals surface area contributed by atoms with Gasteiger partial charge in [-0.15, -0.1) is 10.2 Å². The van der Waals surface area contributed by atoms with Crippen molar-refractivity contribution in [1.82, 2.24) is 24.9 Å². The molecular weight excluding hydrogens is 364 g/mol. The van der Waals surface area contributed by atoms with E-state index in [1.807, 2.05) is 7.05 Å². The Hall–Kier alpha value is -3.01. The molecule has 0 amide bonds. The lowest BCUT2D eigenvalue weighted by Gasteiger charge is -2.00. The van der Waals surface area contributed by atoms with Gasteiger partial charge in [0.05, 0.1) is 17.6 Å². The Kier molecular flexibility index (Phi) is 4.25. The minimum absolute atomic E-state index is 0.00756. The van der Waals surface area contributed by atoms with Gasteiger partial charge in [-0.3, -0.25) is 0 Å². The van der Waals surface area contributed by atoms with Crippen LogP contribution in [0.1, 0.15) is 5.89 Å². The first-order chi connectivity index (χ1) is 12.6. The predicted octanol–water partition coefficient (Wildman–Crippen LogP) is 3.70. The molecule has 0 bridgehead atoms. The average molecular weight is 375 g/mol. The van der Waals surface area contributed by atoms with Gasteiger partial charge in [0, 0.05) is 7.05 Å². The van der Waals surface area contributed by atoms with E-state index in [2.05, 4.69) is 20.3 Å². The van der Waals surface area contributed by atoms with Crippen molar-refractivity contribution in [3.63, 3.8) is 0 Å². The zero-order chi connectivity index (χ0) is 18.1. The minimum Gasteiger partial charge on any atom is -0.461 e. The van der Waals surface area contributed by atoms with E-state index < -0.39 is 11.6 Å². The van der Waals surface area contributed by atoms with E-state index in [1.54, 1.807) is 23.0 Å². The fraction of sp³-hybridized carbons (Fsp3) is 0.125. The maximum absolute atomic E-state index is 13.8. The first kappa shape index (κ1) is 16.5. The van der Waals surface area contributed by atoms with E-state index in [0.717, 1.165) is 18.2 Å². The molecule has 4 aromatic rings. The van der Waals surface area contributed by atoms with Gasteiger partial charge in [-0.1, -0.05) is 16.9 Å². The molecular formula is C16H11F2N5O2S. The van der Waals surface area contributed by atoms with Crippen LogP contribution in [0, 0.1) is 11.6 Å². The predicted molar refractivity (Wildman–Crippen MR) is 87.9 cm³/mol. The van der Waals surface area contributed by atoms with Crippen LogP contribution in [0.3, 0.4) is 0 Å². The second-order valence-corrected chi connectivity index (χ2v) is 6.21. The van der Waals surface area contributed by atoms with Gasteiger partial charge in [0.25, 0.3) is 0 Å². The van der Waals surface area contributed by atoms with Crippen LogP contribution in [0.25, 0.3) is 23.0 Å². The standard InChI is InChI=1S/C16H11F2N5O2S/c1-23-15(12-3-2-6-24-12)20-21-16(23)26-8-13-19-14(22-25-13)10-7-9(17)4-5-11(10)18/h2-7H,8H2,1H3. The highest BCUT2D eigenvalue weighted by Gasteiger charge is 2.17. The number of thioether (sulfide) groups is 1. The van der Waals surface area contributed by atoms with Crippen molar-refractivity contribution in [3.05, 3.63) is 54.1 Å². The second kappa shape index (κ2) is 6.71. The number of furan rings is 1. The molecule has 0 saturated heterocycles. The molecule has 0 saturated carbocycles. The lowest BCUT2D eigenvalue weighted by Crippen LogP contribution is -1.94. The summed E-state index contributed by atoms with van der Waals surface area (Å²) in [6.07, 6.45) is 1.56. The van der Waals surface area contributed by atoms with Crippen LogP contribution in [0.5, 0.6) is 0 Å².